The first-order valence-corrected chi connectivity index (χ1v) is 11.6. The van der Waals surface area contributed by atoms with Crippen LogP contribution in [0.15, 0.2) is 87.7 Å². The lowest BCUT2D eigenvalue weighted by Gasteiger charge is -2.07. The number of nitrogens with zero attached hydrogens (tertiary/aromatic N) is 1. The van der Waals surface area contributed by atoms with Crippen LogP contribution < -0.4 is 5.32 Å². The molecule has 0 aliphatic heterocycles. The Labute approximate surface area is 202 Å². The van der Waals surface area contributed by atoms with Gasteiger partial charge in [-0.05, 0) is 72.5 Å². The number of rotatable bonds is 6. The second-order valence-corrected chi connectivity index (χ2v) is 8.70. The Morgan fingerprint density at radius 2 is 1.79 bits per heavy atom. The molecule has 5 aromatic rings. The summed E-state index contributed by atoms with van der Waals surface area (Å²) in [5, 5.41) is 3.49. The molecule has 0 saturated carbocycles. The van der Waals surface area contributed by atoms with E-state index in [4.69, 9.17) is 20.4 Å². The number of carbonyl (C=O) groups is 1. The van der Waals surface area contributed by atoms with E-state index in [2.05, 4.69) is 36.3 Å². The fourth-order valence-corrected chi connectivity index (χ4v) is 3.98. The molecule has 6 heteroatoms. The van der Waals surface area contributed by atoms with Crippen molar-refractivity contribution in [2.45, 2.75) is 26.2 Å². The number of hydrogen-bond acceptors (Lipinski definition) is 4. The van der Waals surface area contributed by atoms with Crippen molar-refractivity contribution in [3.63, 3.8) is 0 Å². The predicted octanol–water partition coefficient (Wildman–Crippen LogP) is 8.17. The molecule has 0 bridgehead atoms. The third-order valence-electron chi connectivity index (χ3n) is 5.90. The summed E-state index contributed by atoms with van der Waals surface area (Å²) in [6, 6.07) is 24.2. The molecule has 170 valence electrons. The molecule has 1 N–H and O–H groups in total. The maximum absolute atomic E-state index is 12.8. The Kier molecular flexibility index (Phi) is 5.95. The summed E-state index contributed by atoms with van der Waals surface area (Å²) in [5.41, 5.74) is 5.00. The lowest BCUT2D eigenvalue weighted by Crippen LogP contribution is -2.10. The summed E-state index contributed by atoms with van der Waals surface area (Å²) < 4.78 is 11.7. The molecule has 2 heterocycles. The number of aromatic nitrogens is 1. The average molecular weight is 471 g/mol. The van der Waals surface area contributed by atoms with Crippen LogP contribution in [0.1, 0.15) is 42.3 Å². The normalized spacial score (nSPS) is 12.1. The van der Waals surface area contributed by atoms with Gasteiger partial charge in [0.25, 0.3) is 5.91 Å². The number of carbonyl (C=O) groups excluding carboxylic acids is 1. The van der Waals surface area contributed by atoms with Crippen LogP contribution in [0.2, 0.25) is 5.02 Å². The van der Waals surface area contributed by atoms with Gasteiger partial charge in [0.1, 0.15) is 11.3 Å². The number of benzene rings is 3. The van der Waals surface area contributed by atoms with Gasteiger partial charge in [-0.2, -0.15) is 0 Å². The Morgan fingerprint density at radius 1 is 0.971 bits per heavy atom. The lowest BCUT2D eigenvalue weighted by molar-refractivity contribution is 0.0997. The first-order valence-electron chi connectivity index (χ1n) is 11.2. The Hall–Kier alpha value is -3.83. The van der Waals surface area contributed by atoms with Gasteiger partial charge in [-0.3, -0.25) is 4.79 Å². The number of hydrogen-bond donors (Lipinski definition) is 1. The zero-order valence-corrected chi connectivity index (χ0v) is 19.6. The monoisotopic (exact) mass is 470 g/mol. The quantitative estimate of drug-likeness (QED) is 0.271. The molecule has 0 saturated heterocycles. The lowest BCUT2D eigenvalue weighted by atomic mass is 9.98. The predicted molar refractivity (Wildman–Crippen MR) is 135 cm³/mol. The van der Waals surface area contributed by atoms with Crippen LogP contribution in [0.5, 0.6) is 0 Å². The van der Waals surface area contributed by atoms with Gasteiger partial charge in [0.15, 0.2) is 11.3 Å². The molecule has 0 aliphatic carbocycles. The van der Waals surface area contributed by atoms with Crippen molar-refractivity contribution in [1.29, 1.82) is 0 Å². The smallest absolute Gasteiger partial charge is 0.291 e. The summed E-state index contributed by atoms with van der Waals surface area (Å²) >= 11 is 6.06. The number of furan rings is 1. The van der Waals surface area contributed by atoms with Crippen LogP contribution in [0.3, 0.4) is 0 Å². The highest BCUT2D eigenvalue weighted by atomic mass is 35.5. The molecule has 0 aliphatic rings. The summed E-state index contributed by atoms with van der Waals surface area (Å²) in [5.74, 6) is 1.41. The SMILES string of the molecule is CC[C@@H](C)c1ccc2oc(-c3cccc(NC(=O)c4ccc(-c5cccc(Cl)c5)o4)c3)nc2c1. The second kappa shape index (κ2) is 9.20. The first kappa shape index (κ1) is 22.0. The van der Waals surface area contributed by atoms with Crippen LogP contribution in [0.25, 0.3) is 33.9 Å². The van der Waals surface area contributed by atoms with Crippen molar-refractivity contribution < 1.29 is 13.6 Å². The largest absolute Gasteiger partial charge is 0.451 e. The van der Waals surface area contributed by atoms with E-state index in [1.807, 2.05) is 42.5 Å². The van der Waals surface area contributed by atoms with Gasteiger partial charge >= 0.3 is 0 Å². The zero-order chi connectivity index (χ0) is 23.7. The Bertz CT molecular complexity index is 1480. The highest BCUT2D eigenvalue weighted by Crippen LogP contribution is 2.30. The fraction of sp³-hybridized carbons (Fsp3) is 0.143. The van der Waals surface area contributed by atoms with E-state index in [1.54, 1.807) is 24.3 Å². The molecule has 0 fully saturated rings. The van der Waals surface area contributed by atoms with E-state index >= 15 is 0 Å². The number of halogens is 1. The molecule has 1 atom stereocenters. The number of oxazole rings is 1. The Balaban J connectivity index is 1.36. The van der Waals surface area contributed by atoms with Crippen LogP contribution >= 0.6 is 11.6 Å². The summed E-state index contributed by atoms with van der Waals surface area (Å²) in [7, 11) is 0. The van der Waals surface area contributed by atoms with E-state index in [9.17, 15) is 4.79 Å². The van der Waals surface area contributed by atoms with Gasteiger partial charge in [0.05, 0.1) is 0 Å². The minimum atomic E-state index is -0.346. The highest BCUT2D eigenvalue weighted by Gasteiger charge is 2.15. The zero-order valence-electron chi connectivity index (χ0n) is 18.8. The van der Waals surface area contributed by atoms with E-state index < -0.39 is 0 Å². The maximum atomic E-state index is 12.8. The number of fused-ring (bicyclic) bond motifs is 1. The van der Waals surface area contributed by atoms with Gasteiger partial charge in [-0.15, -0.1) is 0 Å². The standard InChI is InChI=1S/C28H23ClN2O3/c1-3-17(2)18-10-11-25-23(16-18)31-28(34-25)20-7-5-9-22(15-20)30-27(32)26-13-12-24(33-26)19-6-4-8-21(29)14-19/h4-17H,3H2,1-2H3,(H,30,32)/t17-/m1/s1. The van der Waals surface area contributed by atoms with Crippen LogP contribution in [-0.2, 0) is 0 Å². The minimum Gasteiger partial charge on any atom is -0.451 e. The van der Waals surface area contributed by atoms with Gasteiger partial charge in [0.2, 0.25) is 5.89 Å². The van der Waals surface area contributed by atoms with Crippen LogP contribution in [0, 0.1) is 0 Å². The van der Waals surface area contributed by atoms with Gasteiger partial charge in [0, 0.05) is 21.8 Å². The molecular formula is C28H23ClN2O3. The van der Waals surface area contributed by atoms with Gasteiger partial charge in [-0.1, -0.05) is 49.7 Å². The van der Waals surface area contributed by atoms with E-state index in [-0.39, 0.29) is 11.7 Å². The Morgan fingerprint density at radius 3 is 2.62 bits per heavy atom. The van der Waals surface area contributed by atoms with Crippen molar-refractivity contribution >= 4 is 34.3 Å². The molecule has 1 amide bonds. The summed E-state index contributed by atoms with van der Waals surface area (Å²) in [4.78, 5) is 17.4. The van der Waals surface area contributed by atoms with Crippen molar-refractivity contribution in [2.24, 2.45) is 0 Å². The van der Waals surface area contributed by atoms with Crippen molar-refractivity contribution in [3.8, 4) is 22.8 Å². The first-order chi connectivity index (χ1) is 16.5. The van der Waals surface area contributed by atoms with E-state index in [0.717, 1.165) is 28.6 Å². The minimum absolute atomic E-state index is 0.208. The maximum Gasteiger partial charge on any atom is 0.291 e. The fourth-order valence-electron chi connectivity index (χ4n) is 3.79. The second-order valence-electron chi connectivity index (χ2n) is 8.26. The molecule has 0 spiro atoms. The highest BCUT2D eigenvalue weighted by molar-refractivity contribution is 6.30. The molecule has 2 aromatic heterocycles. The van der Waals surface area contributed by atoms with Gasteiger partial charge < -0.3 is 14.2 Å². The third kappa shape index (κ3) is 4.47. The summed E-state index contributed by atoms with van der Waals surface area (Å²) in [6.45, 7) is 4.37. The summed E-state index contributed by atoms with van der Waals surface area (Å²) in [6.07, 6.45) is 1.06. The number of anilines is 1. The van der Waals surface area contributed by atoms with Crippen molar-refractivity contribution in [1.82, 2.24) is 4.98 Å². The number of amides is 1. The molecule has 5 rings (SSSR count). The van der Waals surface area contributed by atoms with Crippen molar-refractivity contribution in [3.05, 3.63) is 95.2 Å². The van der Waals surface area contributed by atoms with Crippen LogP contribution in [0.4, 0.5) is 5.69 Å². The third-order valence-corrected chi connectivity index (χ3v) is 6.13. The van der Waals surface area contributed by atoms with Gasteiger partial charge in [-0.25, -0.2) is 4.98 Å². The number of nitrogens with one attached hydrogen (secondary N) is 1. The van der Waals surface area contributed by atoms with Crippen LogP contribution in [-0.4, -0.2) is 10.9 Å². The molecule has 0 unspecified atom stereocenters. The average Bonchev–Trinajstić information content (AvgIpc) is 3.51. The van der Waals surface area contributed by atoms with E-state index in [1.165, 1.54) is 5.56 Å². The molecule has 3 aromatic carbocycles. The molecule has 0 radical (unpaired) electrons. The molecule has 34 heavy (non-hydrogen) atoms. The topological polar surface area (TPSA) is 68.3 Å². The molecular weight excluding hydrogens is 448 g/mol. The van der Waals surface area contributed by atoms with E-state index in [0.29, 0.717) is 28.3 Å². The van der Waals surface area contributed by atoms with Crippen molar-refractivity contribution in [2.75, 3.05) is 5.32 Å². The molecule has 5 nitrogen and oxygen atoms in total.